The van der Waals surface area contributed by atoms with E-state index in [1.54, 1.807) is 0 Å². The van der Waals surface area contributed by atoms with Crippen LogP contribution >= 0.6 is 11.5 Å². The van der Waals surface area contributed by atoms with Gasteiger partial charge in [0.2, 0.25) is 5.13 Å². The molecule has 5 heteroatoms. The van der Waals surface area contributed by atoms with Gasteiger partial charge < -0.3 is 4.90 Å². The Morgan fingerprint density at radius 3 is 2.27 bits per heavy atom. The summed E-state index contributed by atoms with van der Waals surface area (Å²) in [6.07, 6.45) is 0. The van der Waals surface area contributed by atoms with Gasteiger partial charge in [-0.15, -0.1) is 0 Å². The van der Waals surface area contributed by atoms with Crippen LogP contribution in [-0.4, -0.2) is 41.9 Å². The number of benzene rings is 1. The molecular weight excluding hydrogens is 292 g/mol. The molecule has 0 aliphatic heterocycles. The largest absolute Gasteiger partial charge is 0.353 e. The molecule has 0 saturated heterocycles. The molecule has 2 rings (SSSR count). The molecule has 0 aliphatic rings. The van der Waals surface area contributed by atoms with Crippen molar-refractivity contribution in [2.24, 2.45) is 0 Å². The maximum Gasteiger partial charge on any atom is 0.204 e. The summed E-state index contributed by atoms with van der Waals surface area (Å²) in [6.45, 7) is 8.44. The molecular formula is C17H26N4S. The normalized spacial score (nSPS) is 12.0. The van der Waals surface area contributed by atoms with Crippen LogP contribution in [0.15, 0.2) is 24.3 Å². The van der Waals surface area contributed by atoms with E-state index in [4.69, 9.17) is 0 Å². The van der Waals surface area contributed by atoms with Gasteiger partial charge in [-0.1, -0.05) is 43.7 Å². The van der Waals surface area contributed by atoms with E-state index in [-0.39, 0.29) is 5.41 Å². The molecule has 0 aliphatic carbocycles. The van der Waals surface area contributed by atoms with Gasteiger partial charge in [0.25, 0.3) is 0 Å². The Morgan fingerprint density at radius 2 is 1.73 bits per heavy atom. The topological polar surface area (TPSA) is 32.3 Å². The van der Waals surface area contributed by atoms with Crippen molar-refractivity contribution in [2.75, 3.05) is 32.6 Å². The fraction of sp³-hybridized carbons (Fsp3) is 0.529. The smallest absolute Gasteiger partial charge is 0.204 e. The Morgan fingerprint density at radius 1 is 1.09 bits per heavy atom. The molecule has 0 amide bonds. The van der Waals surface area contributed by atoms with Crippen molar-refractivity contribution in [1.29, 1.82) is 0 Å². The van der Waals surface area contributed by atoms with E-state index in [0.29, 0.717) is 0 Å². The molecule has 0 radical (unpaired) electrons. The highest BCUT2D eigenvalue weighted by molar-refractivity contribution is 7.09. The van der Waals surface area contributed by atoms with E-state index >= 15 is 0 Å². The van der Waals surface area contributed by atoms with Crippen molar-refractivity contribution < 1.29 is 0 Å². The fourth-order valence-electron chi connectivity index (χ4n) is 2.56. The van der Waals surface area contributed by atoms with Crippen molar-refractivity contribution in [2.45, 2.75) is 32.7 Å². The number of hydrogen-bond acceptors (Lipinski definition) is 5. The van der Waals surface area contributed by atoms with E-state index < -0.39 is 0 Å². The van der Waals surface area contributed by atoms with E-state index in [1.165, 1.54) is 22.7 Å². The zero-order chi connectivity index (χ0) is 16.3. The van der Waals surface area contributed by atoms with Crippen LogP contribution in [0.5, 0.6) is 0 Å². The van der Waals surface area contributed by atoms with Crippen molar-refractivity contribution in [1.82, 2.24) is 14.3 Å². The first-order valence-electron chi connectivity index (χ1n) is 7.53. The molecule has 22 heavy (non-hydrogen) atoms. The molecule has 0 bridgehead atoms. The lowest BCUT2D eigenvalue weighted by Crippen LogP contribution is -2.34. The van der Waals surface area contributed by atoms with Gasteiger partial charge in [0, 0.05) is 37.6 Å². The molecule has 2 aromatic rings. The predicted molar refractivity (Wildman–Crippen MR) is 94.8 cm³/mol. The van der Waals surface area contributed by atoms with E-state index in [0.717, 1.165) is 24.0 Å². The number of anilines is 1. The molecule has 0 N–H and O–H groups in total. The zero-order valence-electron chi connectivity index (χ0n) is 14.4. The Kier molecular flexibility index (Phi) is 5.19. The first-order valence-corrected chi connectivity index (χ1v) is 8.31. The minimum atomic E-state index is 0.100. The minimum absolute atomic E-state index is 0.100. The summed E-state index contributed by atoms with van der Waals surface area (Å²) in [5.74, 6) is 0.899. The molecule has 0 unspecified atom stereocenters. The van der Waals surface area contributed by atoms with Gasteiger partial charge >= 0.3 is 0 Å². The Labute approximate surface area is 138 Å². The number of likely N-dealkylation sites (N-methyl/N-ethyl adjacent to an activating group) is 1. The molecule has 0 fully saturated rings. The van der Waals surface area contributed by atoms with Gasteiger partial charge in [0.05, 0.1) is 6.54 Å². The average Bonchev–Trinajstić information content (AvgIpc) is 2.87. The van der Waals surface area contributed by atoms with Gasteiger partial charge in [0.1, 0.15) is 0 Å². The second-order valence-electron chi connectivity index (χ2n) is 6.81. The lowest BCUT2D eigenvalue weighted by molar-refractivity contribution is 0.256. The number of aromatic nitrogens is 2. The number of hydrogen-bond donors (Lipinski definition) is 0. The summed E-state index contributed by atoms with van der Waals surface area (Å²) in [6, 6.07) is 8.83. The first kappa shape index (κ1) is 16.9. The van der Waals surface area contributed by atoms with Crippen molar-refractivity contribution in [3.63, 3.8) is 0 Å². The molecule has 120 valence electrons. The van der Waals surface area contributed by atoms with Crippen molar-refractivity contribution in [3.8, 4) is 0 Å². The van der Waals surface area contributed by atoms with E-state index in [9.17, 15) is 0 Å². The summed E-state index contributed by atoms with van der Waals surface area (Å²) in [4.78, 5) is 8.85. The third-order valence-electron chi connectivity index (χ3n) is 3.75. The molecule has 4 nitrogen and oxygen atoms in total. The van der Waals surface area contributed by atoms with Crippen LogP contribution in [0, 0.1) is 6.92 Å². The predicted octanol–water partition coefficient (Wildman–Crippen LogP) is 3.32. The second kappa shape index (κ2) is 6.75. The molecule has 0 saturated carbocycles. The highest BCUT2D eigenvalue weighted by Crippen LogP contribution is 2.25. The summed E-state index contributed by atoms with van der Waals surface area (Å²) >= 11 is 1.45. The Balaban J connectivity index is 2.00. The minimum Gasteiger partial charge on any atom is -0.353 e. The Bertz CT molecular complexity index is 601. The molecule has 0 atom stereocenters. The standard InChI is InChI=1S/C17H26N4S/c1-13-7-9-14(10-8-13)17(2,3)12-21(6)11-15-18-16(20(4)5)22-19-15/h7-10H,11-12H2,1-6H3. The highest BCUT2D eigenvalue weighted by Gasteiger charge is 2.23. The average molecular weight is 318 g/mol. The van der Waals surface area contributed by atoms with Crippen LogP contribution in [0.1, 0.15) is 30.8 Å². The highest BCUT2D eigenvalue weighted by atomic mass is 32.1. The number of nitrogens with zero attached hydrogens (tertiary/aromatic N) is 4. The van der Waals surface area contributed by atoms with Gasteiger partial charge in [-0.2, -0.15) is 4.37 Å². The summed E-state index contributed by atoms with van der Waals surface area (Å²) in [7, 11) is 6.12. The third-order valence-corrected chi connectivity index (χ3v) is 4.67. The lowest BCUT2D eigenvalue weighted by atomic mass is 9.84. The summed E-state index contributed by atoms with van der Waals surface area (Å²) < 4.78 is 4.44. The van der Waals surface area contributed by atoms with Crippen LogP contribution < -0.4 is 4.90 Å². The third kappa shape index (κ3) is 4.27. The number of rotatable bonds is 6. The van der Waals surface area contributed by atoms with Crippen LogP contribution in [0.3, 0.4) is 0 Å². The van der Waals surface area contributed by atoms with Crippen molar-refractivity contribution >= 4 is 16.7 Å². The van der Waals surface area contributed by atoms with Gasteiger partial charge in [-0.3, -0.25) is 4.90 Å². The van der Waals surface area contributed by atoms with Crippen molar-refractivity contribution in [3.05, 3.63) is 41.2 Å². The summed E-state index contributed by atoms with van der Waals surface area (Å²) in [5.41, 5.74) is 2.77. The first-order chi connectivity index (χ1) is 10.3. The fourth-order valence-corrected chi connectivity index (χ4v) is 3.15. The van der Waals surface area contributed by atoms with Crippen LogP contribution in [0.2, 0.25) is 0 Å². The van der Waals surface area contributed by atoms with E-state index in [1.807, 2.05) is 19.0 Å². The van der Waals surface area contributed by atoms with Gasteiger partial charge in [-0.05, 0) is 19.5 Å². The lowest BCUT2D eigenvalue weighted by Gasteiger charge is -2.30. The maximum atomic E-state index is 4.56. The molecule has 1 heterocycles. The quantitative estimate of drug-likeness (QED) is 0.818. The van der Waals surface area contributed by atoms with E-state index in [2.05, 4.69) is 66.3 Å². The van der Waals surface area contributed by atoms with Crippen LogP contribution in [0.25, 0.3) is 0 Å². The zero-order valence-corrected chi connectivity index (χ0v) is 15.2. The van der Waals surface area contributed by atoms with Gasteiger partial charge in [-0.25, -0.2) is 4.98 Å². The molecule has 0 spiro atoms. The Hall–Kier alpha value is -1.46. The van der Waals surface area contributed by atoms with Crippen LogP contribution in [-0.2, 0) is 12.0 Å². The monoisotopic (exact) mass is 318 g/mol. The molecule has 1 aromatic heterocycles. The second-order valence-corrected chi connectivity index (χ2v) is 7.54. The SMILES string of the molecule is Cc1ccc(C(C)(C)CN(C)Cc2nsc(N(C)C)n2)cc1. The summed E-state index contributed by atoms with van der Waals surface area (Å²) in [5, 5.41) is 0.959. The van der Waals surface area contributed by atoms with Gasteiger partial charge in [0.15, 0.2) is 5.82 Å². The molecule has 1 aromatic carbocycles. The van der Waals surface area contributed by atoms with Crippen LogP contribution in [0.4, 0.5) is 5.13 Å². The maximum absolute atomic E-state index is 4.56. The number of aryl methyl sites for hydroxylation is 1.